The molecule has 0 saturated carbocycles. The molecule has 10 nitrogen and oxygen atoms in total. The lowest BCUT2D eigenvalue weighted by Crippen LogP contribution is -2.41. The van der Waals surface area contributed by atoms with Crippen molar-refractivity contribution in [3.05, 3.63) is 333 Å². The predicted molar refractivity (Wildman–Crippen MR) is 517 cm³/mol. The van der Waals surface area contributed by atoms with Crippen LogP contribution in [-0.2, 0) is 9.31 Å². The van der Waals surface area contributed by atoms with E-state index in [0.717, 1.165) is 115 Å². The van der Waals surface area contributed by atoms with Gasteiger partial charge in [-0.05, 0) is 140 Å². The summed E-state index contributed by atoms with van der Waals surface area (Å²) in [5.74, 6) is 0.691. The second-order valence-electron chi connectivity index (χ2n) is 32.4. The maximum absolute atomic E-state index is 6.54. The van der Waals surface area contributed by atoms with Crippen molar-refractivity contribution in [3.63, 3.8) is 0 Å². The monoisotopic (exact) mass is 1660 g/mol. The first-order chi connectivity index (χ1) is 59.9. The zero-order valence-corrected chi connectivity index (χ0v) is 70.1. The van der Waals surface area contributed by atoms with Gasteiger partial charge in [-0.3, -0.25) is 0 Å². The van der Waals surface area contributed by atoms with E-state index in [9.17, 15) is 0 Å². The molecule has 27 rings (SSSR count). The summed E-state index contributed by atoms with van der Waals surface area (Å²) < 4.78 is 37.2. The average Bonchev–Trinajstić information content (AvgIpc) is 1.54. The van der Waals surface area contributed by atoms with E-state index < -0.39 is 0 Å². The predicted octanol–water partition coefficient (Wildman–Crippen LogP) is 30.4. The highest BCUT2D eigenvalue weighted by Crippen LogP contribution is 2.53. The maximum Gasteiger partial charge on any atom is 0.495 e. The fourth-order valence-electron chi connectivity index (χ4n) is 19.0. The molecule has 578 valence electrons. The summed E-state index contributed by atoms with van der Waals surface area (Å²) in [6, 6.07) is 116. The lowest BCUT2D eigenvalue weighted by atomic mass is 9.76. The molecule has 1 fully saturated rings. The first kappa shape index (κ1) is 71.5. The third kappa shape index (κ3) is 10.8. The SMILES string of the molecule is CC1(C)OB(c2cccc3oc4ccccc4c23)OC1(C)C.Clc1nc(-c2cccc(-n3c4ccccc4c4c5ccccc5c5sc6ccccc6c5c43)c2)c2c(n1)sc1ccccc12.c1cc(-c2nc(-c3cccc4oc5ccccc5c34)nc3sc4ccccc4c23)cc(-n2c3ccccc3c3c4ccccc4c4sc5ccccc5c4c32)c1. The van der Waals surface area contributed by atoms with Crippen LogP contribution in [0.25, 0.3) is 235 Å². The number of rotatable bonds is 6. The normalized spacial score (nSPS) is 13.7. The fourth-order valence-corrected chi connectivity index (χ4v) is 23.9. The highest BCUT2D eigenvalue weighted by atomic mass is 35.5. The molecule has 16 aromatic carbocycles. The zero-order valence-electron chi connectivity index (χ0n) is 66.1. The molecule has 0 N–H and O–H groups in total. The Morgan fingerprint density at radius 1 is 0.303 bits per heavy atom. The minimum absolute atomic E-state index is 0.263. The summed E-state index contributed by atoms with van der Waals surface area (Å²) in [5.41, 5.74) is 15.6. The highest BCUT2D eigenvalue weighted by Gasteiger charge is 2.52. The molecule has 1 saturated heterocycles. The molecule has 0 unspecified atom stereocenters. The number of fused-ring (bicyclic) bond motifs is 32. The van der Waals surface area contributed by atoms with Gasteiger partial charge < -0.3 is 27.3 Å². The van der Waals surface area contributed by atoms with E-state index in [1.807, 2.05) is 77.3 Å². The van der Waals surface area contributed by atoms with Gasteiger partial charge in [0.15, 0.2) is 5.82 Å². The van der Waals surface area contributed by atoms with Crippen molar-refractivity contribution in [2.24, 2.45) is 0 Å². The van der Waals surface area contributed by atoms with Gasteiger partial charge in [0, 0.05) is 153 Å². The second-order valence-corrected chi connectivity index (χ2v) is 36.9. The van der Waals surface area contributed by atoms with E-state index in [1.54, 1.807) is 22.7 Å². The number of para-hydroxylation sites is 4. The summed E-state index contributed by atoms with van der Waals surface area (Å²) in [7, 11) is -0.380. The van der Waals surface area contributed by atoms with Gasteiger partial charge in [0.2, 0.25) is 5.28 Å². The molecule has 16 heteroatoms. The minimum atomic E-state index is -0.380. The van der Waals surface area contributed by atoms with Gasteiger partial charge in [-0.1, -0.05) is 243 Å². The summed E-state index contributed by atoms with van der Waals surface area (Å²) in [6.45, 7) is 8.28. The standard InChI is InChI=1S/C50H27N3OS2.C38H20ClN3S2.C18H19BO3/c1-2-16-31-30(15-1)43-32-17-3-7-22-37(32)53(47(43)45-35-20-6-9-25-40(35)55-48(31)45)29-14-11-13-28(27-29)46-44-34-19-5-10-26-41(34)56-50(44)52-49(51-46)36-21-12-24-39-42(36)33-18-4-8-23-38(33)54-39;39-38-40-34(32-26-15-4-8-19-30(26)44-37(32)41-38)21-10-9-11-22(20-21)42-28-17-6-3-14-25(28)31-23-12-1-2-13-24(23)36-33(35(31)42)27-16-5-7-18-29(27)43-36;1-17(2)18(3,4)22-19(21-17)13-9-7-11-15-16(13)12-8-5-6-10-14(12)20-15/h1-27H;1-20H;5-11H,1-4H3. The second kappa shape index (κ2) is 27.3. The Morgan fingerprint density at radius 3 is 1.19 bits per heavy atom. The molecule has 26 aromatic rings. The van der Waals surface area contributed by atoms with Crippen molar-refractivity contribution in [2.75, 3.05) is 0 Å². The van der Waals surface area contributed by atoms with Gasteiger partial charge in [0.1, 0.15) is 32.0 Å². The first-order valence-electron chi connectivity index (χ1n) is 40.8. The van der Waals surface area contributed by atoms with Gasteiger partial charge >= 0.3 is 7.12 Å². The van der Waals surface area contributed by atoms with E-state index in [2.05, 4.69) is 315 Å². The Labute approximate surface area is 718 Å². The number of halogens is 1. The van der Waals surface area contributed by atoms with E-state index >= 15 is 0 Å². The Bertz CT molecular complexity index is 8930. The molecule has 0 atom stereocenters. The van der Waals surface area contributed by atoms with Crippen molar-refractivity contribution in [2.45, 2.75) is 38.9 Å². The number of nitrogens with zero attached hydrogens (tertiary/aromatic N) is 6. The molecule has 10 aromatic heterocycles. The molecule has 1 aliphatic rings. The van der Waals surface area contributed by atoms with Crippen LogP contribution >= 0.6 is 56.9 Å². The largest absolute Gasteiger partial charge is 0.495 e. The molecule has 0 aliphatic carbocycles. The number of aromatic nitrogens is 6. The van der Waals surface area contributed by atoms with Crippen LogP contribution in [-0.4, -0.2) is 47.4 Å². The molecular weight excluding hydrogens is 1600 g/mol. The van der Waals surface area contributed by atoms with Gasteiger partial charge in [-0.25, -0.2) is 19.9 Å². The number of thiophene rings is 4. The molecule has 0 amide bonds. The first-order valence-corrected chi connectivity index (χ1v) is 44.5. The van der Waals surface area contributed by atoms with Crippen molar-refractivity contribution < 1.29 is 18.1 Å². The van der Waals surface area contributed by atoms with E-state index in [4.69, 9.17) is 44.7 Å². The van der Waals surface area contributed by atoms with Crippen molar-refractivity contribution in [1.82, 2.24) is 29.1 Å². The van der Waals surface area contributed by atoms with E-state index in [-0.39, 0.29) is 23.6 Å². The van der Waals surface area contributed by atoms with Crippen LogP contribution in [0.2, 0.25) is 5.28 Å². The average molecular weight is 1660 g/mol. The van der Waals surface area contributed by atoms with Crippen LogP contribution in [0.5, 0.6) is 0 Å². The van der Waals surface area contributed by atoms with Gasteiger partial charge in [0.25, 0.3) is 0 Å². The van der Waals surface area contributed by atoms with E-state index in [0.29, 0.717) is 5.82 Å². The fraction of sp³-hybridized carbons (Fsp3) is 0.0566. The van der Waals surface area contributed by atoms with Crippen molar-refractivity contribution in [1.29, 1.82) is 0 Å². The zero-order chi connectivity index (χ0) is 81.0. The molecule has 122 heavy (non-hydrogen) atoms. The van der Waals surface area contributed by atoms with E-state index in [1.165, 1.54) is 120 Å². The van der Waals surface area contributed by atoms with Crippen LogP contribution in [0.3, 0.4) is 0 Å². The Balaban J connectivity index is 0.000000110. The molecule has 1 aliphatic heterocycles. The summed E-state index contributed by atoms with van der Waals surface area (Å²) in [5, 5.41) is 24.4. The Kier molecular flexibility index (Phi) is 16.0. The Hall–Kier alpha value is -13.4. The lowest BCUT2D eigenvalue weighted by Gasteiger charge is -2.32. The lowest BCUT2D eigenvalue weighted by molar-refractivity contribution is 0.00578. The Morgan fingerprint density at radius 2 is 0.680 bits per heavy atom. The van der Waals surface area contributed by atoms with Gasteiger partial charge in [-0.2, -0.15) is 0 Å². The van der Waals surface area contributed by atoms with Crippen LogP contribution in [0, 0.1) is 0 Å². The number of hydrogen-bond acceptors (Lipinski definition) is 12. The topological polar surface area (TPSA) is 106 Å². The van der Waals surface area contributed by atoms with Crippen molar-refractivity contribution >= 4 is 260 Å². The summed E-state index contributed by atoms with van der Waals surface area (Å²) in [4.78, 5) is 22.1. The molecule has 0 bridgehead atoms. The smallest absolute Gasteiger partial charge is 0.456 e. The van der Waals surface area contributed by atoms with Crippen molar-refractivity contribution in [3.8, 4) is 45.3 Å². The van der Waals surface area contributed by atoms with Crippen LogP contribution in [0.1, 0.15) is 27.7 Å². The van der Waals surface area contributed by atoms with Crippen LogP contribution < -0.4 is 5.46 Å². The summed E-state index contributed by atoms with van der Waals surface area (Å²) >= 11 is 13.7. The third-order valence-electron chi connectivity index (χ3n) is 25.1. The minimum Gasteiger partial charge on any atom is -0.456 e. The van der Waals surface area contributed by atoms with Gasteiger partial charge in [-0.15, -0.1) is 45.3 Å². The van der Waals surface area contributed by atoms with Crippen LogP contribution in [0.4, 0.5) is 0 Å². The third-order valence-corrected chi connectivity index (χ3v) is 29.8. The summed E-state index contributed by atoms with van der Waals surface area (Å²) in [6.07, 6.45) is 0. The number of furan rings is 2. The van der Waals surface area contributed by atoms with Crippen LogP contribution in [0.15, 0.2) is 336 Å². The number of hydrogen-bond donors (Lipinski definition) is 0. The highest BCUT2D eigenvalue weighted by molar-refractivity contribution is 7.28. The molecular formula is C106H66BClN6O4S4. The van der Waals surface area contributed by atoms with Gasteiger partial charge in [0.05, 0.1) is 44.7 Å². The molecule has 0 spiro atoms. The molecule has 0 radical (unpaired) electrons. The quantitative estimate of drug-likeness (QED) is 0.120. The number of benzene rings is 16. The molecule has 11 heterocycles. The maximum atomic E-state index is 6.54.